The van der Waals surface area contributed by atoms with Gasteiger partial charge in [0.15, 0.2) is 4.34 Å². The van der Waals surface area contributed by atoms with Gasteiger partial charge in [-0.05, 0) is 44.9 Å². The summed E-state index contributed by atoms with van der Waals surface area (Å²) in [4.78, 5) is 14.7. The first-order valence-corrected chi connectivity index (χ1v) is 10.5. The van der Waals surface area contributed by atoms with Gasteiger partial charge in [0, 0.05) is 18.8 Å². The zero-order valence-electron chi connectivity index (χ0n) is 14.4. The maximum Gasteiger partial charge on any atom is 0.224 e. The summed E-state index contributed by atoms with van der Waals surface area (Å²) in [5.74, 6) is 2.18. The van der Waals surface area contributed by atoms with Crippen LogP contribution in [0.4, 0.5) is 0 Å². The number of furan rings is 1. The molecule has 1 atom stereocenters. The molecule has 8 heteroatoms. The third-order valence-electron chi connectivity index (χ3n) is 4.19. The highest BCUT2D eigenvalue weighted by Crippen LogP contribution is 2.22. The summed E-state index contributed by atoms with van der Waals surface area (Å²) in [5, 5.41) is 12.2. The second-order valence-corrected chi connectivity index (χ2v) is 8.76. The quantitative estimate of drug-likeness (QED) is 0.561. The van der Waals surface area contributed by atoms with Gasteiger partial charge in [0.25, 0.3) is 0 Å². The highest BCUT2D eigenvalue weighted by molar-refractivity contribution is 8.01. The Labute approximate surface area is 156 Å². The van der Waals surface area contributed by atoms with Crippen LogP contribution in [0, 0.1) is 12.8 Å². The van der Waals surface area contributed by atoms with Crippen LogP contribution in [-0.2, 0) is 11.3 Å². The lowest BCUT2D eigenvalue weighted by atomic mass is 9.97. The normalized spacial score (nSPS) is 18.4. The molecule has 1 amide bonds. The van der Waals surface area contributed by atoms with Gasteiger partial charge in [-0.3, -0.25) is 9.69 Å². The summed E-state index contributed by atoms with van der Waals surface area (Å²) >= 11 is 3.32. The van der Waals surface area contributed by atoms with Crippen molar-refractivity contribution in [1.82, 2.24) is 20.4 Å². The first-order valence-electron chi connectivity index (χ1n) is 8.66. The Kier molecular flexibility index (Phi) is 6.89. The molecule has 0 bridgehead atoms. The number of aryl methyl sites for hydroxylation is 1. The van der Waals surface area contributed by atoms with Crippen molar-refractivity contribution in [1.29, 1.82) is 0 Å². The van der Waals surface area contributed by atoms with Gasteiger partial charge in [-0.2, -0.15) is 0 Å². The molecular formula is C17H24N4O2S2. The van der Waals surface area contributed by atoms with E-state index in [0.29, 0.717) is 0 Å². The van der Waals surface area contributed by atoms with Gasteiger partial charge < -0.3 is 9.73 Å². The Morgan fingerprint density at radius 3 is 3.20 bits per heavy atom. The van der Waals surface area contributed by atoms with Crippen LogP contribution < -0.4 is 5.32 Å². The van der Waals surface area contributed by atoms with Crippen molar-refractivity contribution < 1.29 is 9.21 Å². The van der Waals surface area contributed by atoms with Gasteiger partial charge in [0.1, 0.15) is 10.8 Å². The lowest BCUT2D eigenvalue weighted by molar-refractivity contribution is -0.126. The largest absolute Gasteiger partial charge is 0.468 e. The number of nitrogens with zero attached hydrogens (tertiary/aromatic N) is 3. The molecule has 2 aromatic rings. The van der Waals surface area contributed by atoms with E-state index in [9.17, 15) is 4.79 Å². The van der Waals surface area contributed by atoms with Crippen LogP contribution in [-0.4, -0.2) is 46.4 Å². The predicted octanol–water partition coefficient (Wildman–Crippen LogP) is 2.95. The number of carbonyl (C=O) groups excluding carboxylic acids is 1. The van der Waals surface area contributed by atoms with Gasteiger partial charge in [0.2, 0.25) is 5.91 Å². The number of thioether (sulfide) groups is 1. The first kappa shape index (κ1) is 18.4. The number of piperidine rings is 1. The Morgan fingerprint density at radius 1 is 1.52 bits per heavy atom. The third-order valence-corrected chi connectivity index (χ3v) is 6.25. The van der Waals surface area contributed by atoms with E-state index in [-0.39, 0.29) is 11.8 Å². The molecule has 0 spiro atoms. The van der Waals surface area contributed by atoms with Crippen molar-refractivity contribution in [3.8, 4) is 0 Å². The molecule has 1 unspecified atom stereocenters. The van der Waals surface area contributed by atoms with Gasteiger partial charge in [-0.25, -0.2) is 0 Å². The van der Waals surface area contributed by atoms with Gasteiger partial charge >= 0.3 is 0 Å². The molecule has 3 rings (SSSR count). The fraction of sp³-hybridized carbons (Fsp3) is 0.588. The van der Waals surface area contributed by atoms with Crippen molar-refractivity contribution in [3.63, 3.8) is 0 Å². The van der Waals surface area contributed by atoms with E-state index < -0.39 is 0 Å². The maximum absolute atomic E-state index is 12.4. The average Bonchev–Trinajstić information content (AvgIpc) is 3.26. The molecule has 1 aliphatic heterocycles. The molecule has 1 aliphatic rings. The second kappa shape index (κ2) is 9.35. The first-order chi connectivity index (χ1) is 12.2. The van der Waals surface area contributed by atoms with Crippen LogP contribution in [0.1, 0.15) is 30.0 Å². The van der Waals surface area contributed by atoms with E-state index in [1.165, 1.54) is 0 Å². The molecule has 0 saturated carbocycles. The topological polar surface area (TPSA) is 71.3 Å². The third kappa shape index (κ3) is 5.83. The minimum absolute atomic E-state index is 0.0853. The molecular weight excluding hydrogens is 356 g/mol. The van der Waals surface area contributed by atoms with Gasteiger partial charge in [0.05, 0.1) is 18.7 Å². The summed E-state index contributed by atoms with van der Waals surface area (Å²) in [5.41, 5.74) is 0. The van der Waals surface area contributed by atoms with Crippen molar-refractivity contribution in [2.75, 3.05) is 25.4 Å². The van der Waals surface area contributed by atoms with Crippen molar-refractivity contribution in [2.45, 2.75) is 37.1 Å². The fourth-order valence-corrected chi connectivity index (χ4v) is 4.79. The fourth-order valence-electron chi connectivity index (χ4n) is 2.96. The molecule has 0 aliphatic carbocycles. The zero-order chi connectivity index (χ0) is 17.5. The SMILES string of the molecule is Cc1nnc(SCCCNC(=O)C2CCCN(Cc3ccco3)C2)s1. The highest BCUT2D eigenvalue weighted by atomic mass is 32.2. The van der Waals surface area contributed by atoms with Crippen LogP contribution in [0.3, 0.4) is 0 Å². The van der Waals surface area contributed by atoms with Crippen LogP contribution in [0.2, 0.25) is 0 Å². The minimum Gasteiger partial charge on any atom is -0.468 e. The number of amides is 1. The number of rotatable bonds is 8. The Balaban J connectivity index is 1.33. The highest BCUT2D eigenvalue weighted by Gasteiger charge is 2.25. The number of nitrogens with one attached hydrogen (secondary N) is 1. The summed E-state index contributed by atoms with van der Waals surface area (Å²) in [6.45, 7) is 5.31. The van der Waals surface area contributed by atoms with Crippen LogP contribution in [0.15, 0.2) is 27.2 Å². The summed E-state index contributed by atoms with van der Waals surface area (Å²) < 4.78 is 6.41. The molecule has 6 nitrogen and oxygen atoms in total. The van der Waals surface area contributed by atoms with Crippen LogP contribution in [0.25, 0.3) is 0 Å². The molecule has 0 aromatic carbocycles. The zero-order valence-corrected chi connectivity index (χ0v) is 16.1. The Hall–Kier alpha value is -1.38. The number of hydrogen-bond acceptors (Lipinski definition) is 7. The van der Waals surface area contributed by atoms with Crippen molar-refractivity contribution >= 4 is 29.0 Å². The lowest BCUT2D eigenvalue weighted by Crippen LogP contribution is -2.42. The van der Waals surface area contributed by atoms with Gasteiger partial charge in [-0.1, -0.05) is 23.1 Å². The summed E-state index contributed by atoms with van der Waals surface area (Å²) in [6.07, 6.45) is 4.67. The smallest absolute Gasteiger partial charge is 0.224 e. The Morgan fingerprint density at radius 2 is 2.44 bits per heavy atom. The van der Waals surface area contributed by atoms with E-state index in [0.717, 1.165) is 66.3 Å². The maximum atomic E-state index is 12.4. The molecule has 25 heavy (non-hydrogen) atoms. The number of hydrogen-bond donors (Lipinski definition) is 1. The van der Waals surface area contributed by atoms with E-state index >= 15 is 0 Å². The Bertz CT molecular complexity index is 659. The van der Waals surface area contributed by atoms with Crippen LogP contribution in [0.5, 0.6) is 0 Å². The summed E-state index contributed by atoms with van der Waals surface area (Å²) in [7, 11) is 0. The second-order valence-electron chi connectivity index (χ2n) is 6.23. The number of aromatic nitrogens is 2. The number of carbonyl (C=O) groups is 1. The summed E-state index contributed by atoms with van der Waals surface area (Å²) in [6, 6.07) is 3.89. The molecule has 3 heterocycles. The molecule has 136 valence electrons. The van der Waals surface area contributed by atoms with Gasteiger partial charge in [-0.15, -0.1) is 10.2 Å². The minimum atomic E-state index is 0.0853. The molecule has 1 saturated heterocycles. The van der Waals surface area contributed by atoms with E-state index in [2.05, 4.69) is 20.4 Å². The van der Waals surface area contributed by atoms with Crippen molar-refractivity contribution in [3.05, 3.63) is 29.2 Å². The van der Waals surface area contributed by atoms with Crippen molar-refractivity contribution in [2.24, 2.45) is 5.92 Å². The van der Waals surface area contributed by atoms with E-state index in [1.54, 1.807) is 29.4 Å². The monoisotopic (exact) mass is 380 g/mol. The standard InChI is InChI=1S/C17H24N4O2S2/c1-13-19-20-17(25-13)24-10-4-7-18-16(22)14-5-2-8-21(11-14)12-15-6-3-9-23-15/h3,6,9,14H,2,4-5,7-8,10-12H2,1H3,(H,18,22). The van der Waals surface area contributed by atoms with E-state index in [4.69, 9.17) is 4.42 Å². The van der Waals surface area contributed by atoms with Crippen LogP contribution >= 0.6 is 23.1 Å². The number of likely N-dealkylation sites (tertiary alicyclic amines) is 1. The molecule has 1 fully saturated rings. The molecule has 0 radical (unpaired) electrons. The molecule has 1 N–H and O–H groups in total. The average molecular weight is 381 g/mol. The van der Waals surface area contributed by atoms with E-state index in [1.807, 2.05) is 19.1 Å². The molecule has 2 aromatic heterocycles. The lowest BCUT2D eigenvalue weighted by Gasteiger charge is -2.31. The predicted molar refractivity (Wildman–Crippen MR) is 99.7 cm³/mol.